The van der Waals surface area contributed by atoms with Crippen molar-refractivity contribution in [3.63, 3.8) is 0 Å². The van der Waals surface area contributed by atoms with Crippen LogP contribution < -0.4 is 15.5 Å². The Morgan fingerprint density at radius 2 is 2.00 bits per heavy atom. The van der Waals surface area contributed by atoms with Crippen molar-refractivity contribution in [2.75, 3.05) is 50.6 Å². The van der Waals surface area contributed by atoms with Gasteiger partial charge in [0.05, 0.1) is 12.7 Å². The zero-order valence-electron chi connectivity index (χ0n) is 15.4. The van der Waals surface area contributed by atoms with Crippen molar-refractivity contribution >= 4 is 36.6 Å². The van der Waals surface area contributed by atoms with Gasteiger partial charge < -0.3 is 20.3 Å². The minimum atomic E-state index is 0. The summed E-state index contributed by atoms with van der Waals surface area (Å²) in [4.78, 5) is 11.1. The molecule has 1 unspecified atom stereocenters. The van der Waals surface area contributed by atoms with Gasteiger partial charge in [-0.25, -0.2) is 4.98 Å². The van der Waals surface area contributed by atoms with Crippen LogP contribution in [0, 0.1) is 5.41 Å². The Kier molecular flexibility index (Phi) is 8.68. The van der Waals surface area contributed by atoms with E-state index >= 15 is 0 Å². The molecule has 2 aliphatic rings. The summed E-state index contributed by atoms with van der Waals surface area (Å²) in [5.41, 5.74) is 1.47. The lowest BCUT2D eigenvalue weighted by molar-refractivity contribution is 0.0924. The topological polar surface area (TPSA) is 62.3 Å². The Labute approximate surface area is 163 Å². The molecule has 144 valence electrons. The summed E-state index contributed by atoms with van der Waals surface area (Å²) in [7, 11) is 3.94. The molecule has 3 heterocycles. The number of aryl methyl sites for hydroxylation is 1. The molecule has 8 heteroatoms. The molecule has 6 nitrogen and oxygen atoms in total. The zero-order chi connectivity index (χ0) is 16.3. The van der Waals surface area contributed by atoms with Crippen LogP contribution in [0.25, 0.3) is 0 Å². The van der Waals surface area contributed by atoms with E-state index < -0.39 is 0 Å². The second-order valence-corrected chi connectivity index (χ2v) is 7.06. The van der Waals surface area contributed by atoms with E-state index in [0.717, 1.165) is 56.5 Å². The first kappa shape index (κ1) is 22.2. The SMILES string of the molecule is CCc1cc(NCC2CC3(CCNCC3)CO2)nc(N(C)C)n1.Cl.Cl. The maximum absolute atomic E-state index is 6.06. The fourth-order valence-electron chi connectivity index (χ4n) is 3.51. The first-order valence-corrected chi connectivity index (χ1v) is 8.72. The van der Waals surface area contributed by atoms with E-state index in [2.05, 4.69) is 27.5 Å². The molecule has 1 aromatic heterocycles. The second kappa shape index (κ2) is 9.76. The number of anilines is 2. The minimum Gasteiger partial charge on any atom is -0.376 e. The van der Waals surface area contributed by atoms with Gasteiger partial charge in [0.25, 0.3) is 0 Å². The third-order valence-electron chi connectivity index (χ3n) is 4.99. The van der Waals surface area contributed by atoms with Crippen molar-refractivity contribution in [2.24, 2.45) is 5.41 Å². The number of nitrogens with zero attached hydrogens (tertiary/aromatic N) is 3. The van der Waals surface area contributed by atoms with Gasteiger partial charge in [-0.05, 0) is 44.2 Å². The van der Waals surface area contributed by atoms with Gasteiger partial charge in [0.15, 0.2) is 0 Å². The van der Waals surface area contributed by atoms with Gasteiger partial charge in [-0.2, -0.15) is 4.98 Å². The predicted octanol–water partition coefficient (Wildman–Crippen LogP) is 2.52. The lowest BCUT2D eigenvalue weighted by Gasteiger charge is -2.32. The van der Waals surface area contributed by atoms with Crippen molar-refractivity contribution in [3.05, 3.63) is 11.8 Å². The summed E-state index contributed by atoms with van der Waals surface area (Å²) in [5.74, 6) is 1.66. The predicted molar refractivity (Wildman–Crippen MR) is 108 cm³/mol. The van der Waals surface area contributed by atoms with E-state index in [9.17, 15) is 0 Å². The van der Waals surface area contributed by atoms with Crippen LogP contribution in [0.3, 0.4) is 0 Å². The largest absolute Gasteiger partial charge is 0.376 e. The van der Waals surface area contributed by atoms with E-state index in [4.69, 9.17) is 4.74 Å². The normalized spacial score (nSPS) is 21.3. The summed E-state index contributed by atoms with van der Waals surface area (Å²) in [6.07, 6.45) is 4.84. The molecular formula is C17H31Cl2N5O. The van der Waals surface area contributed by atoms with Crippen LogP contribution in [0.15, 0.2) is 6.07 Å². The fourth-order valence-corrected chi connectivity index (χ4v) is 3.51. The lowest BCUT2D eigenvalue weighted by Crippen LogP contribution is -2.37. The van der Waals surface area contributed by atoms with Gasteiger partial charge in [-0.3, -0.25) is 0 Å². The molecule has 0 radical (unpaired) electrons. The Morgan fingerprint density at radius 3 is 2.64 bits per heavy atom. The van der Waals surface area contributed by atoms with E-state index in [-0.39, 0.29) is 30.9 Å². The number of ether oxygens (including phenoxy) is 1. The van der Waals surface area contributed by atoms with Gasteiger partial charge in [0, 0.05) is 32.4 Å². The summed E-state index contributed by atoms with van der Waals surface area (Å²) in [6, 6.07) is 2.04. The molecule has 2 fully saturated rings. The van der Waals surface area contributed by atoms with E-state index in [0.29, 0.717) is 5.41 Å². The lowest BCUT2D eigenvalue weighted by atomic mass is 9.77. The summed E-state index contributed by atoms with van der Waals surface area (Å²) >= 11 is 0. The quantitative estimate of drug-likeness (QED) is 0.803. The van der Waals surface area contributed by atoms with Crippen LogP contribution >= 0.6 is 24.8 Å². The van der Waals surface area contributed by atoms with E-state index in [1.807, 2.05) is 25.1 Å². The third-order valence-corrected chi connectivity index (χ3v) is 4.99. The van der Waals surface area contributed by atoms with E-state index in [1.165, 1.54) is 12.8 Å². The van der Waals surface area contributed by atoms with Crippen LogP contribution in [0.1, 0.15) is 31.9 Å². The van der Waals surface area contributed by atoms with Crippen molar-refractivity contribution in [2.45, 2.75) is 38.7 Å². The number of rotatable bonds is 5. The highest BCUT2D eigenvalue weighted by molar-refractivity contribution is 5.85. The van der Waals surface area contributed by atoms with Gasteiger partial charge in [-0.15, -0.1) is 24.8 Å². The number of halogens is 2. The number of piperidine rings is 1. The van der Waals surface area contributed by atoms with Crippen LogP contribution in [-0.2, 0) is 11.2 Å². The maximum Gasteiger partial charge on any atom is 0.226 e. The van der Waals surface area contributed by atoms with Gasteiger partial charge in [0.1, 0.15) is 5.82 Å². The molecule has 25 heavy (non-hydrogen) atoms. The van der Waals surface area contributed by atoms with Gasteiger partial charge >= 0.3 is 0 Å². The fraction of sp³-hybridized carbons (Fsp3) is 0.765. The van der Waals surface area contributed by atoms with Crippen molar-refractivity contribution in [3.8, 4) is 0 Å². The van der Waals surface area contributed by atoms with Crippen LogP contribution in [0.5, 0.6) is 0 Å². The van der Waals surface area contributed by atoms with Crippen molar-refractivity contribution in [1.82, 2.24) is 15.3 Å². The van der Waals surface area contributed by atoms with Crippen molar-refractivity contribution < 1.29 is 4.74 Å². The van der Waals surface area contributed by atoms with E-state index in [1.54, 1.807) is 0 Å². The Morgan fingerprint density at radius 1 is 1.28 bits per heavy atom. The molecule has 0 aliphatic carbocycles. The van der Waals surface area contributed by atoms with Crippen LogP contribution in [0.4, 0.5) is 11.8 Å². The van der Waals surface area contributed by atoms with Crippen molar-refractivity contribution in [1.29, 1.82) is 0 Å². The molecule has 0 amide bonds. The smallest absolute Gasteiger partial charge is 0.226 e. The number of nitrogens with one attached hydrogen (secondary N) is 2. The molecule has 2 N–H and O–H groups in total. The molecule has 1 atom stereocenters. The average molecular weight is 392 g/mol. The van der Waals surface area contributed by atoms with Gasteiger partial charge in [0.2, 0.25) is 5.95 Å². The highest BCUT2D eigenvalue weighted by Gasteiger charge is 2.40. The molecular weight excluding hydrogens is 361 g/mol. The maximum atomic E-state index is 6.06. The first-order chi connectivity index (χ1) is 11.1. The number of hydrogen-bond donors (Lipinski definition) is 2. The molecule has 1 aromatic rings. The van der Waals surface area contributed by atoms with Crippen LogP contribution in [0.2, 0.25) is 0 Å². The van der Waals surface area contributed by atoms with Crippen LogP contribution in [-0.4, -0.2) is 56.4 Å². The molecule has 0 saturated carbocycles. The summed E-state index contributed by atoms with van der Waals surface area (Å²) in [5, 5.41) is 6.91. The molecule has 0 bridgehead atoms. The second-order valence-electron chi connectivity index (χ2n) is 7.06. The zero-order valence-corrected chi connectivity index (χ0v) is 17.0. The Hall–Kier alpha value is -0.820. The van der Waals surface area contributed by atoms with Gasteiger partial charge in [-0.1, -0.05) is 6.92 Å². The highest BCUT2D eigenvalue weighted by atomic mass is 35.5. The monoisotopic (exact) mass is 391 g/mol. The first-order valence-electron chi connectivity index (χ1n) is 8.72. The molecule has 1 spiro atoms. The average Bonchev–Trinajstić information content (AvgIpc) is 2.95. The molecule has 3 rings (SSSR count). The summed E-state index contributed by atoms with van der Waals surface area (Å²) < 4.78 is 6.06. The molecule has 2 aliphatic heterocycles. The number of hydrogen-bond acceptors (Lipinski definition) is 6. The molecule has 2 saturated heterocycles. The highest BCUT2D eigenvalue weighted by Crippen LogP contribution is 2.40. The summed E-state index contributed by atoms with van der Waals surface area (Å²) in [6.45, 7) is 6.10. The standard InChI is InChI=1S/C17H29N5O.2ClH/c1-4-13-9-15(21-16(20-13)22(2)3)19-11-14-10-17(12-23-14)5-7-18-8-6-17;;/h9,14,18H,4-8,10-12H2,1-3H3,(H,19,20,21);2*1H. The Bertz CT molecular complexity index is 538. The third kappa shape index (κ3) is 5.58. The Balaban J connectivity index is 0.00000156. The molecule has 0 aromatic carbocycles. The minimum absolute atomic E-state index is 0. The number of aromatic nitrogens is 2.